The van der Waals surface area contributed by atoms with Crippen LogP contribution in [-0.2, 0) is 4.79 Å². The molecule has 1 rings (SSSR count). The van der Waals surface area contributed by atoms with E-state index in [1.165, 1.54) is 5.57 Å². The molecular formula is C17H32N2O. The van der Waals surface area contributed by atoms with Gasteiger partial charge in [-0.1, -0.05) is 46.3 Å². The molecule has 0 unspecified atom stereocenters. The van der Waals surface area contributed by atoms with Crippen molar-refractivity contribution in [3.8, 4) is 0 Å². The van der Waals surface area contributed by atoms with Crippen LogP contribution in [0, 0.1) is 17.3 Å². The van der Waals surface area contributed by atoms with E-state index in [1.54, 1.807) is 0 Å². The molecule has 0 aromatic heterocycles. The molecule has 3 heteroatoms. The van der Waals surface area contributed by atoms with Crippen molar-refractivity contribution in [3.05, 3.63) is 11.6 Å². The summed E-state index contributed by atoms with van der Waals surface area (Å²) < 4.78 is 0. The molecule has 0 saturated carbocycles. The van der Waals surface area contributed by atoms with Crippen LogP contribution < -0.4 is 5.73 Å². The molecule has 1 atom stereocenters. The third-order valence-corrected chi connectivity index (χ3v) is 4.13. The van der Waals surface area contributed by atoms with Gasteiger partial charge in [0.05, 0.1) is 0 Å². The molecule has 0 bridgehead atoms. The van der Waals surface area contributed by atoms with E-state index in [0.717, 1.165) is 25.9 Å². The van der Waals surface area contributed by atoms with E-state index >= 15 is 0 Å². The average molecular weight is 280 g/mol. The number of hydrogen-bond acceptors (Lipinski definition) is 2. The van der Waals surface area contributed by atoms with E-state index in [-0.39, 0.29) is 11.3 Å². The van der Waals surface area contributed by atoms with Gasteiger partial charge in [-0.05, 0) is 36.6 Å². The molecular weight excluding hydrogens is 248 g/mol. The summed E-state index contributed by atoms with van der Waals surface area (Å²) >= 11 is 0. The second kappa shape index (κ2) is 7.26. The summed E-state index contributed by atoms with van der Waals surface area (Å²) in [6.45, 7) is 13.3. The monoisotopic (exact) mass is 280 g/mol. The Morgan fingerprint density at radius 2 is 2.05 bits per heavy atom. The zero-order chi connectivity index (χ0) is 15.3. The van der Waals surface area contributed by atoms with Crippen LogP contribution in [-0.4, -0.2) is 30.4 Å². The molecule has 20 heavy (non-hydrogen) atoms. The smallest absolute Gasteiger partial charge is 0.223 e. The predicted octanol–water partition coefficient (Wildman–Crippen LogP) is 3.20. The van der Waals surface area contributed by atoms with Crippen LogP contribution in [0.15, 0.2) is 11.6 Å². The third-order valence-electron chi connectivity index (χ3n) is 4.13. The molecule has 0 fully saturated rings. The molecule has 3 nitrogen and oxygen atoms in total. The highest BCUT2D eigenvalue weighted by Gasteiger charge is 2.24. The lowest BCUT2D eigenvalue weighted by molar-refractivity contribution is -0.132. The summed E-state index contributed by atoms with van der Waals surface area (Å²) in [6, 6.07) is 0. The third kappa shape index (κ3) is 5.28. The quantitative estimate of drug-likeness (QED) is 0.786. The largest absolute Gasteiger partial charge is 0.339 e. The number of nitrogens with zero attached hydrogens (tertiary/aromatic N) is 1. The van der Waals surface area contributed by atoms with Gasteiger partial charge >= 0.3 is 0 Å². The maximum atomic E-state index is 12.3. The van der Waals surface area contributed by atoms with E-state index < -0.39 is 0 Å². The molecule has 116 valence electrons. The lowest BCUT2D eigenvalue weighted by atomic mass is 9.83. The Balaban J connectivity index is 2.52. The van der Waals surface area contributed by atoms with Gasteiger partial charge in [0.15, 0.2) is 0 Å². The SMILES string of the molecule is CC(C)C[C@H](CN)CC(=O)N1CC=C(C(C)(C)C)CC1. The molecule has 0 saturated heterocycles. The minimum atomic E-state index is 0.229. The van der Waals surface area contributed by atoms with E-state index in [2.05, 4.69) is 40.7 Å². The number of rotatable bonds is 5. The summed E-state index contributed by atoms with van der Waals surface area (Å²) in [4.78, 5) is 14.3. The summed E-state index contributed by atoms with van der Waals surface area (Å²) in [5.41, 5.74) is 7.50. The molecule has 1 aliphatic heterocycles. The Labute approximate surface area is 124 Å². The first kappa shape index (κ1) is 17.2. The highest BCUT2D eigenvalue weighted by Crippen LogP contribution is 2.30. The average Bonchev–Trinajstić information content (AvgIpc) is 2.36. The van der Waals surface area contributed by atoms with Crippen LogP contribution >= 0.6 is 0 Å². The van der Waals surface area contributed by atoms with Crippen molar-refractivity contribution in [1.29, 1.82) is 0 Å². The van der Waals surface area contributed by atoms with Crippen LogP contribution in [0.4, 0.5) is 0 Å². The van der Waals surface area contributed by atoms with Gasteiger partial charge in [-0.25, -0.2) is 0 Å². The van der Waals surface area contributed by atoms with Crippen molar-refractivity contribution in [2.24, 2.45) is 23.0 Å². The standard InChI is InChI=1S/C17H32N2O/c1-13(2)10-14(12-18)11-16(20)19-8-6-15(7-9-19)17(3,4)5/h6,13-14H,7-12,18H2,1-5H3/t14-/m0/s1. The molecule has 0 spiro atoms. The fourth-order valence-electron chi connectivity index (χ4n) is 2.88. The number of amides is 1. The first-order chi connectivity index (χ1) is 9.24. The minimum Gasteiger partial charge on any atom is -0.339 e. The van der Waals surface area contributed by atoms with Gasteiger partial charge in [-0.2, -0.15) is 0 Å². The van der Waals surface area contributed by atoms with Crippen molar-refractivity contribution >= 4 is 5.91 Å². The zero-order valence-corrected chi connectivity index (χ0v) is 13.9. The molecule has 1 amide bonds. The fraction of sp³-hybridized carbons (Fsp3) is 0.824. The highest BCUT2D eigenvalue weighted by atomic mass is 16.2. The van der Waals surface area contributed by atoms with Crippen LogP contribution in [0.3, 0.4) is 0 Å². The maximum absolute atomic E-state index is 12.3. The Bertz CT molecular complexity index is 352. The van der Waals surface area contributed by atoms with Crippen molar-refractivity contribution in [2.45, 2.75) is 53.9 Å². The molecule has 0 aliphatic carbocycles. The van der Waals surface area contributed by atoms with Crippen molar-refractivity contribution in [1.82, 2.24) is 4.90 Å². The van der Waals surface area contributed by atoms with Crippen molar-refractivity contribution < 1.29 is 4.79 Å². The van der Waals surface area contributed by atoms with Crippen LogP contribution in [0.2, 0.25) is 0 Å². The highest BCUT2D eigenvalue weighted by molar-refractivity contribution is 5.76. The van der Waals surface area contributed by atoms with E-state index in [9.17, 15) is 4.79 Å². The van der Waals surface area contributed by atoms with E-state index in [0.29, 0.717) is 24.8 Å². The van der Waals surface area contributed by atoms with Gasteiger partial charge in [0.1, 0.15) is 0 Å². The first-order valence-electron chi connectivity index (χ1n) is 7.91. The van der Waals surface area contributed by atoms with Crippen LogP contribution in [0.25, 0.3) is 0 Å². The van der Waals surface area contributed by atoms with Gasteiger partial charge < -0.3 is 10.6 Å². The number of nitrogens with two attached hydrogens (primary N) is 1. The van der Waals surface area contributed by atoms with Crippen molar-refractivity contribution in [3.63, 3.8) is 0 Å². The Morgan fingerprint density at radius 3 is 2.45 bits per heavy atom. The lowest BCUT2D eigenvalue weighted by Crippen LogP contribution is -2.38. The number of carbonyl (C=O) groups is 1. The molecule has 0 radical (unpaired) electrons. The second-order valence-corrected chi connectivity index (χ2v) is 7.50. The maximum Gasteiger partial charge on any atom is 0.223 e. The molecule has 0 aromatic rings. The summed E-state index contributed by atoms with van der Waals surface area (Å²) in [5.74, 6) is 1.20. The van der Waals surface area contributed by atoms with Crippen molar-refractivity contribution in [2.75, 3.05) is 19.6 Å². The normalized spacial score (nSPS) is 18.1. The van der Waals surface area contributed by atoms with Gasteiger partial charge in [0.25, 0.3) is 0 Å². The Morgan fingerprint density at radius 1 is 1.40 bits per heavy atom. The summed E-state index contributed by atoms with van der Waals surface area (Å²) in [6.07, 6.45) is 4.89. The molecule has 0 aromatic carbocycles. The minimum absolute atomic E-state index is 0.229. The second-order valence-electron chi connectivity index (χ2n) is 7.50. The first-order valence-corrected chi connectivity index (χ1v) is 7.91. The fourth-order valence-corrected chi connectivity index (χ4v) is 2.88. The van der Waals surface area contributed by atoms with E-state index in [4.69, 9.17) is 5.73 Å². The molecule has 1 heterocycles. The van der Waals surface area contributed by atoms with Gasteiger partial charge in [0.2, 0.25) is 5.91 Å². The topological polar surface area (TPSA) is 46.3 Å². The number of hydrogen-bond donors (Lipinski definition) is 1. The molecule has 2 N–H and O–H groups in total. The van der Waals surface area contributed by atoms with Gasteiger partial charge in [-0.15, -0.1) is 0 Å². The summed E-state index contributed by atoms with van der Waals surface area (Å²) in [7, 11) is 0. The molecule has 1 aliphatic rings. The van der Waals surface area contributed by atoms with Gasteiger partial charge in [-0.3, -0.25) is 4.79 Å². The zero-order valence-electron chi connectivity index (χ0n) is 13.9. The lowest BCUT2D eigenvalue weighted by Gasteiger charge is -2.33. The van der Waals surface area contributed by atoms with E-state index in [1.807, 2.05) is 4.90 Å². The Kier molecular flexibility index (Phi) is 6.25. The Hall–Kier alpha value is -0.830. The summed E-state index contributed by atoms with van der Waals surface area (Å²) in [5, 5.41) is 0. The predicted molar refractivity (Wildman–Crippen MR) is 85.4 cm³/mol. The van der Waals surface area contributed by atoms with Crippen LogP contribution in [0.1, 0.15) is 53.9 Å². The van der Waals surface area contributed by atoms with Gasteiger partial charge in [0, 0.05) is 19.5 Å². The van der Waals surface area contributed by atoms with Crippen LogP contribution in [0.5, 0.6) is 0 Å². The number of carbonyl (C=O) groups excluding carboxylic acids is 1.